The minimum absolute atomic E-state index is 0.159. The molecule has 0 bridgehead atoms. The van der Waals surface area contributed by atoms with Crippen molar-refractivity contribution in [2.45, 2.75) is 45.4 Å². The van der Waals surface area contributed by atoms with Crippen LogP contribution < -0.4 is 11.1 Å². The van der Waals surface area contributed by atoms with E-state index in [4.69, 9.17) is 15.1 Å². The standard InChI is InChI=1S/C13H19N5O7S2/c1-6(2)24-17-8(7-5-26-12(14)15-7)10(19)16-9-11(20)18(13(9,3)4)25-27(21,22)23/h5-6,9H,1-4H3,(H2,14,15)(H,16,19)(H,21,22,23)/b17-8-/t9-/m1/s1. The third kappa shape index (κ3) is 4.71. The number of nitrogen functional groups attached to an aromatic ring is 1. The summed E-state index contributed by atoms with van der Waals surface area (Å²) in [6, 6.07) is -1.13. The van der Waals surface area contributed by atoms with Gasteiger partial charge in [-0.15, -0.1) is 15.6 Å². The topological polar surface area (TPSA) is 174 Å². The third-order valence-corrected chi connectivity index (χ3v) is 4.47. The van der Waals surface area contributed by atoms with Crippen molar-refractivity contribution < 1.29 is 31.7 Å². The second kappa shape index (κ2) is 7.38. The highest BCUT2D eigenvalue weighted by Gasteiger charge is 2.58. The van der Waals surface area contributed by atoms with Gasteiger partial charge < -0.3 is 15.9 Å². The fourth-order valence-corrected chi connectivity index (χ4v) is 3.18. The van der Waals surface area contributed by atoms with E-state index in [9.17, 15) is 18.0 Å². The van der Waals surface area contributed by atoms with Gasteiger partial charge in [0, 0.05) is 5.38 Å². The molecule has 12 nitrogen and oxygen atoms in total. The Morgan fingerprint density at radius 1 is 1.52 bits per heavy atom. The van der Waals surface area contributed by atoms with Crippen LogP contribution in [-0.2, 0) is 29.1 Å². The molecular weight excluding hydrogens is 402 g/mol. The van der Waals surface area contributed by atoms with Gasteiger partial charge in [-0.25, -0.2) is 4.98 Å². The van der Waals surface area contributed by atoms with E-state index in [2.05, 4.69) is 19.7 Å². The van der Waals surface area contributed by atoms with E-state index >= 15 is 0 Å². The van der Waals surface area contributed by atoms with Crippen molar-refractivity contribution in [3.05, 3.63) is 11.1 Å². The second-order valence-electron chi connectivity index (χ2n) is 6.36. The van der Waals surface area contributed by atoms with Crippen molar-refractivity contribution in [2.24, 2.45) is 5.16 Å². The molecule has 1 aromatic heterocycles. The number of aromatic nitrogens is 1. The number of carbonyl (C=O) groups is 2. The van der Waals surface area contributed by atoms with E-state index in [0.717, 1.165) is 11.3 Å². The highest BCUT2D eigenvalue weighted by Crippen LogP contribution is 2.32. The van der Waals surface area contributed by atoms with Crippen molar-refractivity contribution in [1.82, 2.24) is 15.4 Å². The van der Waals surface area contributed by atoms with Crippen molar-refractivity contribution in [3.8, 4) is 0 Å². The van der Waals surface area contributed by atoms with Gasteiger partial charge in [0.05, 0.1) is 5.54 Å². The number of rotatable bonds is 7. The summed E-state index contributed by atoms with van der Waals surface area (Å²) >= 11 is 1.09. The number of hydrogen-bond donors (Lipinski definition) is 3. The van der Waals surface area contributed by atoms with Gasteiger partial charge >= 0.3 is 10.4 Å². The Bertz CT molecular complexity index is 877. The smallest absolute Gasteiger partial charge is 0.392 e. The lowest BCUT2D eigenvalue weighted by atomic mass is 9.84. The summed E-state index contributed by atoms with van der Waals surface area (Å²) in [5.41, 5.74) is 4.28. The van der Waals surface area contributed by atoms with Crippen LogP contribution in [0.4, 0.5) is 5.13 Å². The van der Waals surface area contributed by atoms with E-state index in [1.54, 1.807) is 13.8 Å². The predicted molar refractivity (Wildman–Crippen MR) is 94.8 cm³/mol. The number of anilines is 1. The predicted octanol–water partition coefficient (Wildman–Crippen LogP) is -0.306. The lowest BCUT2D eigenvalue weighted by Gasteiger charge is -2.50. The molecule has 0 radical (unpaired) electrons. The number of hydrogen-bond acceptors (Lipinski definition) is 10. The fourth-order valence-electron chi connectivity index (χ4n) is 2.18. The number of hydroxylamine groups is 2. The molecule has 0 saturated carbocycles. The Kier molecular flexibility index (Phi) is 5.74. The van der Waals surface area contributed by atoms with Gasteiger partial charge in [0.15, 0.2) is 10.8 Å². The molecule has 1 aliphatic rings. The molecule has 27 heavy (non-hydrogen) atoms. The maximum Gasteiger partial charge on any atom is 0.418 e. The van der Waals surface area contributed by atoms with Gasteiger partial charge in [-0.1, -0.05) is 5.16 Å². The first kappa shape index (κ1) is 21.0. The van der Waals surface area contributed by atoms with Gasteiger partial charge in [0.2, 0.25) is 0 Å². The SMILES string of the molecule is CC(C)O/N=C(\C(=O)N[C@@H]1C(=O)N(OS(=O)(=O)O)C1(C)C)c1csc(N)n1. The van der Waals surface area contributed by atoms with Gasteiger partial charge in [-0.3, -0.25) is 14.1 Å². The van der Waals surface area contributed by atoms with Crippen LogP contribution in [0.3, 0.4) is 0 Å². The van der Waals surface area contributed by atoms with Crippen molar-refractivity contribution >= 4 is 44.4 Å². The molecule has 1 atom stereocenters. The van der Waals surface area contributed by atoms with Crippen LogP contribution >= 0.6 is 11.3 Å². The zero-order valence-electron chi connectivity index (χ0n) is 14.9. The van der Waals surface area contributed by atoms with Gasteiger partial charge in [-0.2, -0.15) is 13.5 Å². The minimum atomic E-state index is -4.89. The quantitative estimate of drug-likeness (QED) is 0.231. The molecule has 150 valence electrons. The molecule has 0 spiro atoms. The maximum atomic E-state index is 12.6. The van der Waals surface area contributed by atoms with E-state index in [0.29, 0.717) is 5.06 Å². The van der Waals surface area contributed by atoms with E-state index < -0.39 is 33.8 Å². The summed E-state index contributed by atoms with van der Waals surface area (Å²) < 4.78 is 34.6. The summed E-state index contributed by atoms with van der Waals surface area (Å²) in [5.74, 6) is -1.65. The molecule has 0 unspecified atom stereocenters. The molecule has 1 saturated heterocycles. The molecule has 1 fully saturated rings. The molecule has 2 amide bonds. The van der Waals surface area contributed by atoms with Crippen LogP contribution in [-0.4, -0.2) is 58.2 Å². The number of thiazole rings is 1. The van der Waals surface area contributed by atoms with Crippen LogP contribution in [0.25, 0.3) is 0 Å². The first-order valence-corrected chi connectivity index (χ1v) is 9.84. The number of carbonyl (C=O) groups excluding carboxylic acids is 2. The number of nitrogens with zero attached hydrogens (tertiary/aromatic N) is 3. The Morgan fingerprint density at radius 3 is 2.59 bits per heavy atom. The summed E-state index contributed by atoms with van der Waals surface area (Å²) in [4.78, 5) is 33.8. The molecule has 1 aromatic rings. The normalized spacial score (nSPS) is 19.8. The van der Waals surface area contributed by atoms with Crippen LogP contribution in [0.2, 0.25) is 0 Å². The second-order valence-corrected chi connectivity index (χ2v) is 8.25. The summed E-state index contributed by atoms with van der Waals surface area (Å²) in [5, 5.41) is 8.36. The lowest BCUT2D eigenvalue weighted by molar-refractivity contribution is -0.218. The largest absolute Gasteiger partial charge is 0.418 e. The maximum absolute atomic E-state index is 12.6. The number of amides is 2. The lowest BCUT2D eigenvalue weighted by Crippen LogP contribution is -2.76. The van der Waals surface area contributed by atoms with Gasteiger partial charge in [0.1, 0.15) is 17.8 Å². The Hall–Kier alpha value is -2.29. The highest BCUT2D eigenvalue weighted by atomic mass is 32.3. The van der Waals surface area contributed by atoms with Crippen LogP contribution in [0.5, 0.6) is 0 Å². The van der Waals surface area contributed by atoms with E-state index in [1.165, 1.54) is 19.2 Å². The van der Waals surface area contributed by atoms with Crippen LogP contribution in [0, 0.1) is 0 Å². The summed E-state index contributed by atoms with van der Waals surface area (Å²) in [7, 11) is -4.89. The Balaban J connectivity index is 2.20. The molecule has 2 rings (SSSR count). The van der Waals surface area contributed by atoms with Crippen molar-refractivity contribution in [2.75, 3.05) is 5.73 Å². The molecule has 0 aromatic carbocycles. The highest BCUT2D eigenvalue weighted by molar-refractivity contribution is 7.80. The molecule has 0 aliphatic carbocycles. The number of β-lactam (4-membered cyclic amide) rings is 1. The Labute approximate surface area is 159 Å². The van der Waals surface area contributed by atoms with E-state index in [-0.39, 0.29) is 22.6 Å². The fraction of sp³-hybridized carbons (Fsp3) is 0.538. The molecule has 2 heterocycles. The van der Waals surface area contributed by atoms with Crippen LogP contribution in [0.1, 0.15) is 33.4 Å². The number of nitrogens with two attached hydrogens (primary N) is 1. The van der Waals surface area contributed by atoms with Gasteiger partial charge in [0.25, 0.3) is 11.8 Å². The zero-order valence-corrected chi connectivity index (χ0v) is 16.5. The van der Waals surface area contributed by atoms with E-state index in [1.807, 2.05) is 0 Å². The number of nitrogens with one attached hydrogen (secondary N) is 1. The molecule has 14 heteroatoms. The molecule has 1 aliphatic heterocycles. The minimum Gasteiger partial charge on any atom is -0.392 e. The third-order valence-electron chi connectivity index (χ3n) is 3.46. The summed E-state index contributed by atoms with van der Waals surface area (Å²) in [6.45, 7) is 6.29. The van der Waals surface area contributed by atoms with Crippen molar-refractivity contribution in [1.29, 1.82) is 0 Å². The van der Waals surface area contributed by atoms with Crippen molar-refractivity contribution in [3.63, 3.8) is 0 Å². The molecular formula is C13H19N5O7S2. The first-order valence-electron chi connectivity index (χ1n) is 7.60. The summed E-state index contributed by atoms with van der Waals surface area (Å²) in [6.07, 6.45) is -0.316. The zero-order chi connectivity index (χ0) is 20.6. The number of oxime groups is 1. The first-order chi connectivity index (χ1) is 12.3. The average molecular weight is 421 g/mol. The van der Waals surface area contributed by atoms with Crippen LogP contribution in [0.15, 0.2) is 10.5 Å². The van der Waals surface area contributed by atoms with Gasteiger partial charge in [-0.05, 0) is 27.7 Å². The Morgan fingerprint density at radius 2 is 2.15 bits per heavy atom. The monoisotopic (exact) mass is 421 g/mol. The molecule has 4 N–H and O–H groups in total. The average Bonchev–Trinajstić information content (AvgIpc) is 2.95.